The van der Waals surface area contributed by atoms with Crippen LogP contribution in [0.1, 0.15) is 6.92 Å². The predicted molar refractivity (Wildman–Crippen MR) is 111 cm³/mol. The molecular formula is C20H23F2N3O4S. The van der Waals surface area contributed by atoms with Gasteiger partial charge in [-0.3, -0.25) is 9.10 Å². The second-order valence-corrected chi connectivity index (χ2v) is 8.83. The van der Waals surface area contributed by atoms with Gasteiger partial charge in [0.1, 0.15) is 6.04 Å². The number of carbonyl (C=O) groups excluding carboxylic acids is 1. The van der Waals surface area contributed by atoms with E-state index in [1.54, 1.807) is 12.1 Å². The zero-order valence-corrected chi connectivity index (χ0v) is 17.5. The molecule has 0 bridgehead atoms. The Kier molecular flexibility index (Phi) is 6.57. The lowest BCUT2D eigenvalue weighted by atomic mass is 10.2. The molecule has 7 nitrogen and oxygen atoms in total. The van der Waals surface area contributed by atoms with Crippen LogP contribution in [0.2, 0.25) is 0 Å². The third-order valence-corrected chi connectivity index (χ3v) is 6.00. The summed E-state index contributed by atoms with van der Waals surface area (Å²) in [5, 5.41) is 2.66. The lowest BCUT2D eigenvalue weighted by molar-refractivity contribution is -0.116. The van der Waals surface area contributed by atoms with Crippen molar-refractivity contribution in [2.24, 2.45) is 0 Å². The fourth-order valence-corrected chi connectivity index (χ4v) is 4.42. The molecule has 1 saturated heterocycles. The van der Waals surface area contributed by atoms with Crippen LogP contribution in [0.4, 0.5) is 25.8 Å². The normalized spacial score (nSPS) is 15.5. The molecule has 0 radical (unpaired) electrons. The summed E-state index contributed by atoms with van der Waals surface area (Å²) in [6, 6.07) is 8.64. The van der Waals surface area contributed by atoms with E-state index in [0.29, 0.717) is 18.9 Å². The number of sulfonamides is 1. The van der Waals surface area contributed by atoms with Crippen LogP contribution in [-0.2, 0) is 19.6 Å². The zero-order chi connectivity index (χ0) is 21.9. The van der Waals surface area contributed by atoms with Gasteiger partial charge in [-0.15, -0.1) is 0 Å². The number of hydrogen-bond acceptors (Lipinski definition) is 5. The Balaban J connectivity index is 1.76. The first kappa shape index (κ1) is 22.0. The average molecular weight is 439 g/mol. The molecule has 10 heteroatoms. The van der Waals surface area contributed by atoms with E-state index in [9.17, 15) is 22.0 Å². The number of hydrogen-bond donors (Lipinski definition) is 1. The van der Waals surface area contributed by atoms with Gasteiger partial charge in [0.15, 0.2) is 11.6 Å². The summed E-state index contributed by atoms with van der Waals surface area (Å²) in [6.07, 6.45) is 0.898. The molecule has 1 aliphatic heterocycles. The predicted octanol–water partition coefficient (Wildman–Crippen LogP) is 2.59. The van der Waals surface area contributed by atoms with Gasteiger partial charge < -0.3 is 15.0 Å². The van der Waals surface area contributed by atoms with E-state index in [2.05, 4.69) is 10.2 Å². The van der Waals surface area contributed by atoms with Crippen molar-refractivity contribution >= 4 is 33.0 Å². The standard InChI is InChI=1S/C20H23F2N3O4S/c1-14(25(30(2,27)28)17-7-8-18(21)19(22)13-17)20(26)23-15-3-5-16(6-4-15)24-9-11-29-12-10-24/h3-8,13-14H,9-12H2,1-2H3,(H,23,26)/t14-/m0/s1. The van der Waals surface area contributed by atoms with Crippen LogP contribution in [0, 0.1) is 11.6 Å². The molecule has 0 aliphatic carbocycles. The molecule has 1 amide bonds. The van der Waals surface area contributed by atoms with Crippen LogP contribution >= 0.6 is 0 Å². The van der Waals surface area contributed by atoms with E-state index >= 15 is 0 Å². The number of anilines is 3. The lowest BCUT2D eigenvalue weighted by Gasteiger charge is -2.29. The van der Waals surface area contributed by atoms with Crippen LogP contribution in [0.25, 0.3) is 0 Å². The van der Waals surface area contributed by atoms with Crippen molar-refractivity contribution in [2.45, 2.75) is 13.0 Å². The Morgan fingerprint density at radius 2 is 1.73 bits per heavy atom. The van der Waals surface area contributed by atoms with Gasteiger partial charge >= 0.3 is 0 Å². The molecule has 0 spiro atoms. The van der Waals surface area contributed by atoms with E-state index < -0.39 is 33.6 Å². The molecule has 30 heavy (non-hydrogen) atoms. The fourth-order valence-electron chi connectivity index (χ4n) is 3.25. The summed E-state index contributed by atoms with van der Waals surface area (Å²) in [5.41, 5.74) is 1.34. The van der Waals surface area contributed by atoms with Gasteiger partial charge in [-0.25, -0.2) is 17.2 Å². The molecule has 3 rings (SSSR count). The molecule has 0 unspecified atom stereocenters. The maximum Gasteiger partial charge on any atom is 0.247 e. The Morgan fingerprint density at radius 3 is 2.30 bits per heavy atom. The summed E-state index contributed by atoms with van der Waals surface area (Å²) in [4.78, 5) is 14.9. The van der Waals surface area contributed by atoms with Crippen LogP contribution in [0.5, 0.6) is 0 Å². The van der Waals surface area contributed by atoms with Crippen molar-refractivity contribution in [3.8, 4) is 0 Å². The third-order valence-electron chi connectivity index (χ3n) is 4.76. The quantitative estimate of drug-likeness (QED) is 0.749. The van der Waals surface area contributed by atoms with Crippen molar-refractivity contribution in [1.29, 1.82) is 0 Å². The van der Waals surface area contributed by atoms with Crippen molar-refractivity contribution in [1.82, 2.24) is 0 Å². The van der Waals surface area contributed by atoms with Gasteiger partial charge in [-0.1, -0.05) is 0 Å². The molecule has 0 aromatic heterocycles. The highest BCUT2D eigenvalue weighted by Gasteiger charge is 2.30. The molecule has 1 N–H and O–H groups in total. The number of nitrogens with one attached hydrogen (secondary N) is 1. The third kappa shape index (κ3) is 5.06. The van der Waals surface area contributed by atoms with Crippen molar-refractivity contribution in [3.05, 3.63) is 54.1 Å². The van der Waals surface area contributed by atoms with Gasteiger partial charge in [0.2, 0.25) is 15.9 Å². The van der Waals surface area contributed by atoms with E-state index in [-0.39, 0.29) is 5.69 Å². The highest BCUT2D eigenvalue weighted by atomic mass is 32.2. The van der Waals surface area contributed by atoms with Crippen LogP contribution in [0.15, 0.2) is 42.5 Å². The number of amides is 1. The van der Waals surface area contributed by atoms with Gasteiger partial charge in [-0.05, 0) is 43.3 Å². The number of carbonyl (C=O) groups is 1. The van der Waals surface area contributed by atoms with Gasteiger partial charge in [0.25, 0.3) is 0 Å². The van der Waals surface area contributed by atoms with E-state index in [1.165, 1.54) is 6.92 Å². The Hall–Kier alpha value is -2.72. The van der Waals surface area contributed by atoms with Crippen molar-refractivity contribution in [3.63, 3.8) is 0 Å². The van der Waals surface area contributed by atoms with E-state index in [1.807, 2.05) is 12.1 Å². The molecule has 2 aromatic carbocycles. The number of rotatable bonds is 6. The van der Waals surface area contributed by atoms with Crippen molar-refractivity contribution in [2.75, 3.05) is 47.1 Å². The minimum absolute atomic E-state index is 0.137. The number of nitrogens with zero attached hydrogens (tertiary/aromatic N) is 2. The highest BCUT2D eigenvalue weighted by Crippen LogP contribution is 2.24. The molecule has 1 fully saturated rings. The van der Waals surface area contributed by atoms with E-state index in [0.717, 1.165) is 47.5 Å². The second kappa shape index (κ2) is 8.97. The summed E-state index contributed by atoms with van der Waals surface area (Å²) >= 11 is 0. The van der Waals surface area contributed by atoms with E-state index in [4.69, 9.17) is 4.74 Å². The Labute approximate surface area is 174 Å². The maximum atomic E-state index is 13.6. The Morgan fingerprint density at radius 1 is 1.10 bits per heavy atom. The van der Waals surface area contributed by atoms with Gasteiger partial charge in [0, 0.05) is 30.5 Å². The molecule has 2 aromatic rings. The first-order valence-electron chi connectivity index (χ1n) is 9.35. The number of ether oxygens (including phenoxy) is 1. The maximum absolute atomic E-state index is 13.6. The smallest absolute Gasteiger partial charge is 0.247 e. The molecule has 0 saturated carbocycles. The first-order chi connectivity index (χ1) is 14.2. The second-order valence-electron chi connectivity index (χ2n) is 6.97. The van der Waals surface area contributed by atoms with Crippen molar-refractivity contribution < 1.29 is 26.7 Å². The summed E-state index contributed by atoms with van der Waals surface area (Å²) < 4.78 is 57.5. The molecule has 1 aliphatic rings. The molecule has 1 atom stereocenters. The summed E-state index contributed by atoms with van der Waals surface area (Å²) in [6.45, 7) is 4.24. The molecule has 1 heterocycles. The monoisotopic (exact) mass is 439 g/mol. The SMILES string of the molecule is C[C@@H](C(=O)Nc1ccc(N2CCOCC2)cc1)N(c1ccc(F)c(F)c1)S(C)(=O)=O. The highest BCUT2D eigenvalue weighted by molar-refractivity contribution is 7.92. The van der Waals surface area contributed by atoms with Crippen LogP contribution < -0.4 is 14.5 Å². The topological polar surface area (TPSA) is 79.0 Å². The minimum atomic E-state index is -3.94. The summed E-state index contributed by atoms with van der Waals surface area (Å²) in [7, 11) is -3.94. The number of benzene rings is 2. The number of halogens is 2. The van der Waals surface area contributed by atoms with Crippen LogP contribution in [0.3, 0.4) is 0 Å². The molecular weight excluding hydrogens is 416 g/mol. The van der Waals surface area contributed by atoms with Gasteiger partial charge in [0.05, 0.1) is 25.2 Å². The lowest BCUT2D eigenvalue weighted by Crippen LogP contribution is -2.45. The Bertz CT molecular complexity index is 1010. The summed E-state index contributed by atoms with van der Waals surface area (Å²) in [5.74, 6) is -2.92. The van der Waals surface area contributed by atoms with Crippen LogP contribution in [-0.4, -0.2) is 52.9 Å². The number of morpholine rings is 1. The molecule has 162 valence electrons. The zero-order valence-electron chi connectivity index (χ0n) is 16.6. The fraction of sp³-hybridized carbons (Fsp3) is 0.350. The minimum Gasteiger partial charge on any atom is -0.378 e. The average Bonchev–Trinajstić information content (AvgIpc) is 2.71. The largest absolute Gasteiger partial charge is 0.378 e. The van der Waals surface area contributed by atoms with Gasteiger partial charge in [-0.2, -0.15) is 0 Å². The first-order valence-corrected chi connectivity index (χ1v) is 11.2.